The van der Waals surface area contributed by atoms with E-state index in [4.69, 9.17) is 0 Å². The predicted molar refractivity (Wildman–Crippen MR) is 108 cm³/mol. The molecule has 0 atom stereocenters. The molecule has 5 nitrogen and oxygen atoms in total. The van der Waals surface area contributed by atoms with E-state index in [0.717, 1.165) is 37.9 Å². The lowest BCUT2D eigenvalue weighted by molar-refractivity contribution is -0.137. The van der Waals surface area contributed by atoms with Gasteiger partial charge in [0.05, 0.1) is 28.7 Å². The fourth-order valence-corrected chi connectivity index (χ4v) is 3.64. The van der Waals surface area contributed by atoms with Crippen LogP contribution in [0.1, 0.15) is 40.9 Å². The summed E-state index contributed by atoms with van der Waals surface area (Å²) in [5.74, 6) is 0.508. The van der Waals surface area contributed by atoms with Crippen molar-refractivity contribution in [1.29, 1.82) is 0 Å². The van der Waals surface area contributed by atoms with Crippen LogP contribution < -0.4 is 5.32 Å². The number of carbonyl (C=O) groups is 1. The molecule has 1 aliphatic heterocycles. The lowest BCUT2D eigenvalue weighted by atomic mass is 9.93. The summed E-state index contributed by atoms with van der Waals surface area (Å²) in [5, 5.41) is 7.33. The van der Waals surface area contributed by atoms with Crippen LogP contribution in [0, 0.1) is 12.8 Å². The maximum absolute atomic E-state index is 13.0. The Kier molecular flexibility index (Phi) is 7.71. The highest BCUT2D eigenvalue weighted by molar-refractivity contribution is 5.95. The van der Waals surface area contributed by atoms with Crippen molar-refractivity contribution in [3.8, 4) is 5.69 Å². The molecule has 0 aliphatic carbocycles. The van der Waals surface area contributed by atoms with E-state index in [0.29, 0.717) is 30.3 Å². The zero-order chi connectivity index (χ0) is 20.3. The number of hydrogen-bond donors (Lipinski definition) is 1. The van der Waals surface area contributed by atoms with Crippen LogP contribution in [-0.4, -0.2) is 47.3 Å². The average molecular weight is 431 g/mol. The summed E-state index contributed by atoms with van der Waals surface area (Å²) in [6.07, 6.45) is 0.0614. The topological polar surface area (TPSA) is 50.2 Å². The molecule has 9 heteroatoms. The van der Waals surface area contributed by atoms with Crippen molar-refractivity contribution in [3.05, 3.63) is 47.3 Å². The minimum Gasteiger partial charge on any atom is -0.339 e. The number of halogens is 4. The lowest BCUT2D eigenvalue weighted by Gasteiger charge is -2.32. The molecule has 2 aromatic rings. The SMILES string of the molecule is CNCCC1CCN(C(=O)c2cnn(-c3cccc(C(F)(F)F)c3)c2C)CC1.Cl. The Morgan fingerprint density at radius 2 is 1.97 bits per heavy atom. The number of carbonyl (C=O) groups excluding carboxylic acids is 1. The smallest absolute Gasteiger partial charge is 0.339 e. The molecule has 0 unspecified atom stereocenters. The van der Waals surface area contributed by atoms with Crippen molar-refractivity contribution >= 4 is 18.3 Å². The van der Waals surface area contributed by atoms with E-state index in [1.807, 2.05) is 11.9 Å². The number of rotatable bonds is 5. The van der Waals surface area contributed by atoms with Crippen LogP contribution in [0.3, 0.4) is 0 Å². The molecule has 3 rings (SSSR count). The zero-order valence-electron chi connectivity index (χ0n) is 16.5. The molecule has 2 heterocycles. The summed E-state index contributed by atoms with van der Waals surface area (Å²) in [6, 6.07) is 4.96. The van der Waals surface area contributed by atoms with Crippen molar-refractivity contribution in [1.82, 2.24) is 20.0 Å². The van der Waals surface area contributed by atoms with Gasteiger partial charge in [-0.05, 0) is 63.9 Å². The van der Waals surface area contributed by atoms with Gasteiger partial charge in [-0.2, -0.15) is 18.3 Å². The molecule has 1 saturated heterocycles. The molecule has 0 bridgehead atoms. The third-order valence-electron chi connectivity index (χ3n) is 5.36. The fourth-order valence-electron chi connectivity index (χ4n) is 3.64. The summed E-state index contributed by atoms with van der Waals surface area (Å²) >= 11 is 0. The van der Waals surface area contributed by atoms with E-state index in [1.54, 1.807) is 13.0 Å². The Balaban J connectivity index is 0.00000300. The van der Waals surface area contributed by atoms with Crippen molar-refractivity contribution in [3.63, 3.8) is 0 Å². The van der Waals surface area contributed by atoms with Crippen LogP contribution in [0.25, 0.3) is 5.69 Å². The molecule has 1 amide bonds. The molecule has 1 aromatic carbocycles. The largest absolute Gasteiger partial charge is 0.416 e. The summed E-state index contributed by atoms with van der Waals surface area (Å²) in [6.45, 7) is 4.07. The molecular formula is C20H26ClF3N4O. The van der Waals surface area contributed by atoms with Crippen LogP contribution in [0.15, 0.2) is 30.5 Å². The minimum atomic E-state index is -4.42. The Labute approximate surface area is 174 Å². The first kappa shape index (κ1) is 23.2. The molecule has 29 heavy (non-hydrogen) atoms. The number of benzene rings is 1. The second-order valence-electron chi connectivity index (χ2n) is 7.23. The number of amides is 1. The van der Waals surface area contributed by atoms with E-state index >= 15 is 0 Å². The molecule has 0 spiro atoms. The van der Waals surface area contributed by atoms with Gasteiger partial charge >= 0.3 is 6.18 Å². The van der Waals surface area contributed by atoms with E-state index in [1.165, 1.54) is 16.9 Å². The molecule has 1 aromatic heterocycles. The maximum Gasteiger partial charge on any atom is 0.416 e. The first-order chi connectivity index (χ1) is 13.3. The van der Waals surface area contributed by atoms with E-state index in [9.17, 15) is 18.0 Å². The van der Waals surface area contributed by atoms with Gasteiger partial charge in [0, 0.05) is 13.1 Å². The van der Waals surface area contributed by atoms with Crippen LogP contribution in [0.2, 0.25) is 0 Å². The second kappa shape index (κ2) is 9.63. The Bertz CT molecular complexity index is 829. The van der Waals surface area contributed by atoms with E-state index < -0.39 is 11.7 Å². The van der Waals surface area contributed by atoms with Gasteiger partial charge in [-0.3, -0.25) is 4.79 Å². The van der Waals surface area contributed by atoms with Crippen molar-refractivity contribution < 1.29 is 18.0 Å². The molecule has 0 radical (unpaired) electrons. The summed E-state index contributed by atoms with van der Waals surface area (Å²) in [4.78, 5) is 14.7. The van der Waals surface area contributed by atoms with E-state index in [2.05, 4.69) is 10.4 Å². The molecular weight excluding hydrogens is 405 g/mol. The van der Waals surface area contributed by atoms with E-state index in [-0.39, 0.29) is 24.0 Å². The van der Waals surface area contributed by atoms with Crippen LogP contribution >= 0.6 is 12.4 Å². The number of alkyl halides is 3. The number of aromatic nitrogens is 2. The molecule has 160 valence electrons. The zero-order valence-corrected chi connectivity index (χ0v) is 17.3. The minimum absolute atomic E-state index is 0. The monoisotopic (exact) mass is 430 g/mol. The van der Waals surface area contributed by atoms with Crippen molar-refractivity contribution in [2.24, 2.45) is 5.92 Å². The molecule has 0 saturated carbocycles. The van der Waals surface area contributed by atoms with Crippen LogP contribution in [-0.2, 0) is 6.18 Å². The third-order valence-corrected chi connectivity index (χ3v) is 5.36. The second-order valence-corrected chi connectivity index (χ2v) is 7.23. The molecule has 1 N–H and O–H groups in total. The first-order valence-corrected chi connectivity index (χ1v) is 9.47. The molecule has 1 fully saturated rings. The summed E-state index contributed by atoms with van der Waals surface area (Å²) in [5.41, 5.74) is 0.529. The highest BCUT2D eigenvalue weighted by Crippen LogP contribution is 2.31. The number of piperidine rings is 1. The van der Waals surface area contributed by atoms with Gasteiger partial charge < -0.3 is 10.2 Å². The summed E-state index contributed by atoms with van der Waals surface area (Å²) in [7, 11) is 1.93. The molecule has 1 aliphatic rings. The van der Waals surface area contributed by atoms with Gasteiger partial charge in [-0.1, -0.05) is 6.07 Å². The number of nitrogens with one attached hydrogen (secondary N) is 1. The standard InChI is InChI=1S/C20H25F3N4O.ClH/c1-14-18(19(28)26-10-7-15(8-11-26)6-9-24-2)13-25-27(14)17-5-3-4-16(12-17)20(21,22)23;/h3-5,12-13,15,24H,6-11H2,1-2H3;1H. The third kappa shape index (κ3) is 5.30. The normalized spacial score (nSPS) is 15.3. The highest BCUT2D eigenvalue weighted by atomic mass is 35.5. The Morgan fingerprint density at radius 3 is 2.59 bits per heavy atom. The van der Waals surface area contributed by atoms with Gasteiger partial charge in [0.2, 0.25) is 0 Å². The predicted octanol–water partition coefficient (Wildman–Crippen LogP) is 4.08. The van der Waals surface area contributed by atoms with Gasteiger partial charge in [-0.25, -0.2) is 4.68 Å². The number of hydrogen-bond acceptors (Lipinski definition) is 3. The Hall–Kier alpha value is -2.06. The Morgan fingerprint density at radius 1 is 1.28 bits per heavy atom. The van der Waals surface area contributed by atoms with Crippen LogP contribution in [0.4, 0.5) is 13.2 Å². The van der Waals surface area contributed by atoms with Gasteiger partial charge in [0.25, 0.3) is 5.91 Å². The quantitative estimate of drug-likeness (QED) is 0.777. The first-order valence-electron chi connectivity index (χ1n) is 9.47. The lowest BCUT2D eigenvalue weighted by Crippen LogP contribution is -2.39. The average Bonchev–Trinajstić information content (AvgIpc) is 3.07. The fraction of sp³-hybridized carbons (Fsp3) is 0.500. The van der Waals surface area contributed by atoms with Gasteiger partial charge in [0.15, 0.2) is 0 Å². The van der Waals surface area contributed by atoms with Gasteiger partial charge in [-0.15, -0.1) is 12.4 Å². The number of likely N-dealkylation sites (tertiary alicyclic amines) is 1. The van der Waals surface area contributed by atoms with Crippen molar-refractivity contribution in [2.45, 2.75) is 32.4 Å². The summed E-state index contributed by atoms with van der Waals surface area (Å²) < 4.78 is 40.3. The van der Waals surface area contributed by atoms with Gasteiger partial charge in [0.1, 0.15) is 0 Å². The van der Waals surface area contributed by atoms with Crippen molar-refractivity contribution in [2.75, 3.05) is 26.7 Å². The van der Waals surface area contributed by atoms with Crippen LogP contribution in [0.5, 0.6) is 0 Å². The number of nitrogens with zero attached hydrogens (tertiary/aromatic N) is 3. The maximum atomic E-state index is 13.0. The highest BCUT2D eigenvalue weighted by Gasteiger charge is 2.31.